The van der Waals surface area contributed by atoms with E-state index in [1.807, 2.05) is 0 Å². The van der Waals surface area contributed by atoms with Crippen molar-refractivity contribution in [1.29, 1.82) is 0 Å². The van der Waals surface area contributed by atoms with Crippen LogP contribution >= 0.6 is 12.4 Å². The summed E-state index contributed by atoms with van der Waals surface area (Å²) in [5.41, 5.74) is 0.156. The van der Waals surface area contributed by atoms with Crippen molar-refractivity contribution >= 4 is 33.8 Å². The van der Waals surface area contributed by atoms with Crippen LogP contribution < -0.4 is 10.6 Å². The lowest BCUT2D eigenvalue weighted by atomic mass is 10.2. The molecular weight excluding hydrogens is 354 g/mol. The number of rotatable bonds is 5. The normalized spacial score (nSPS) is 18.3. The van der Waals surface area contributed by atoms with Gasteiger partial charge in [0.05, 0.1) is 18.1 Å². The molecular formula is C13H17ClF2N2O4S. The summed E-state index contributed by atoms with van der Waals surface area (Å²) in [6.45, 7) is 1.65. The molecule has 1 saturated heterocycles. The summed E-state index contributed by atoms with van der Waals surface area (Å²) in [4.78, 5) is 11.3. The second-order valence-electron chi connectivity index (χ2n) is 4.81. The molecule has 0 bridgehead atoms. The monoisotopic (exact) mass is 370 g/mol. The Hall–Kier alpha value is -1.29. The SMILES string of the molecule is Cl.O=C(CC1COCCN1)Nc1cccc(S(=O)(=O)C(F)F)c1. The fraction of sp³-hybridized carbons (Fsp3) is 0.462. The molecule has 1 aromatic carbocycles. The molecule has 6 nitrogen and oxygen atoms in total. The Morgan fingerprint density at radius 2 is 2.17 bits per heavy atom. The van der Waals surface area contributed by atoms with E-state index < -0.39 is 20.5 Å². The highest BCUT2D eigenvalue weighted by Gasteiger charge is 2.26. The Bertz CT molecular complexity index is 637. The van der Waals surface area contributed by atoms with Crippen molar-refractivity contribution in [1.82, 2.24) is 5.32 Å². The van der Waals surface area contributed by atoms with E-state index in [9.17, 15) is 22.0 Å². The van der Waals surface area contributed by atoms with Crippen molar-refractivity contribution in [2.24, 2.45) is 0 Å². The zero-order valence-corrected chi connectivity index (χ0v) is 13.6. The Labute approximate surface area is 138 Å². The van der Waals surface area contributed by atoms with Gasteiger partial charge in [-0.1, -0.05) is 6.07 Å². The van der Waals surface area contributed by atoms with Gasteiger partial charge in [-0.2, -0.15) is 8.78 Å². The number of morpholine rings is 1. The number of hydrogen-bond acceptors (Lipinski definition) is 5. The van der Waals surface area contributed by atoms with E-state index in [-0.39, 0.29) is 36.5 Å². The predicted molar refractivity (Wildman–Crippen MR) is 82.7 cm³/mol. The summed E-state index contributed by atoms with van der Waals surface area (Å²) < 4.78 is 53.0. The van der Waals surface area contributed by atoms with Crippen LogP contribution in [0.3, 0.4) is 0 Å². The molecule has 0 aromatic heterocycles. The average molecular weight is 371 g/mol. The Balaban J connectivity index is 0.00000264. The van der Waals surface area contributed by atoms with Crippen molar-refractivity contribution in [2.75, 3.05) is 25.1 Å². The third kappa shape index (κ3) is 5.38. The number of carbonyl (C=O) groups is 1. The molecule has 10 heteroatoms. The Kier molecular flexibility index (Phi) is 7.33. The van der Waals surface area contributed by atoms with Gasteiger partial charge in [-0.05, 0) is 18.2 Å². The summed E-state index contributed by atoms with van der Waals surface area (Å²) in [6.07, 6.45) is 0.145. The molecule has 1 aliphatic heterocycles. The molecule has 1 heterocycles. The molecule has 0 aliphatic carbocycles. The number of anilines is 1. The average Bonchev–Trinajstić information content (AvgIpc) is 2.48. The quantitative estimate of drug-likeness (QED) is 0.819. The molecule has 23 heavy (non-hydrogen) atoms. The van der Waals surface area contributed by atoms with Gasteiger partial charge in [-0.15, -0.1) is 12.4 Å². The van der Waals surface area contributed by atoms with Crippen LogP contribution in [0.25, 0.3) is 0 Å². The second-order valence-corrected chi connectivity index (χ2v) is 6.73. The van der Waals surface area contributed by atoms with Crippen LogP contribution in [0.1, 0.15) is 6.42 Å². The Morgan fingerprint density at radius 3 is 2.78 bits per heavy atom. The van der Waals surface area contributed by atoms with Crippen LogP contribution in [0, 0.1) is 0 Å². The van der Waals surface area contributed by atoms with Crippen LogP contribution in [0.5, 0.6) is 0 Å². The topological polar surface area (TPSA) is 84.5 Å². The highest BCUT2D eigenvalue weighted by molar-refractivity contribution is 7.91. The van der Waals surface area contributed by atoms with Gasteiger partial charge in [-0.3, -0.25) is 4.79 Å². The van der Waals surface area contributed by atoms with Crippen molar-refractivity contribution in [2.45, 2.75) is 23.1 Å². The van der Waals surface area contributed by atoms with Gasteiger partial charge in [0.1, 0.15) is 0 Å². The van der Waals surface area contributed by atoms with Gasteiger partial charge >= 0.3 is 5.76 Å². The summed E-state index contributed by atoms with van der Waals surface area (Å²) in [7, 11) is -4.68. The molecule has 1 unspecified atom stereocenters. The number of ether oxygens (including phenoxy) is 1. The summed E-state index contributed by atoms with van der Waals surface area (Å²) in [6, 6.07) is 4.69. The maximum atomic E-state index is 12.5. The highest BCUT2D eigenvalue weighted by atomic mass is 35.5. The zero-order chi connectivity index (χ0) is 16.2. The molecule has 1 fully saturated rings. The third-order valence-corrected chi connectivity index (χ3v) is 4.49. The van der Waals surface area contributed by atoms with E-state index in [1.165, 1.54) is 12.1 Å². The van der Waals surface area contributed by atoms with Crippen molar-refractivity contribution in [3.05, 3.63) is 24.3 Å². The minimum Gasteiger partial charge on any atom is -0.378 e. The first kappa shape index (κ1) is 19.8. The molecule has 130 valence electrons. The lowest BCUT2D eigenvalue weighted by Crippen LogP contribution is -2.43. The minimum atomic E-state index is -4.68. The molecule has 0 spiro atoms. The van der Waals surface area contributed by atoms with Crippen molar-refractivity contribution in [3.8, 4) is 0 Å². The second kappa shape index (κ2) is 8.53. The van der Waals surface area contributed by atoms with Gasteiger partial charge in [-0.25, -0.2) is 8.42 Å². The predicted octanol–water partition coefficient (Wildman–Crippen LogP) is 1.42. The number of nitrogens with one attached hydrogen (secondary N) is 2. The minimum absolute atomic E-state index is 0. The first-order valence-electron chi connectivity index (χ1n) is 6.62. The van der Waals surface area contributed by atoms with E-state index >= 15 is 0 Å². The molecule has 1 amide bonds. The molecule has 0 radical (unpaired) electrons. The van der Waals surface area contributed by atoms with Gasteiger partial charge < -0.3 is 15.4 Å². The standard InChI is InChI=1S/C13H16F2N2O4S.ClH/c14-13(15)22(19,20)11-3-1-2-9(6-11)17-12(18)7-10-8-21-5-4-16-10;/h1-3,6,10,13,16H,4-5,7-8H2,(H,17,18);1H. The van der Waals surface area contributed by atoms with Crippen LogP contribution in [-0.4, -0.2) is 45.9 Å². The summed E-state index contributed by atoms with van der Waals surface area (Å²) in [5.74, 6) is -3.85. The summed E-state index contributed by atoms with van der Waals surface area (Å²) in [5, 5.41) is 5.60. The zero-order valence-electron chi connectivity index (χ0n) is 12.0. The molecule has 2 rings (SSSR count). The van der Waals surface area contributed by atoms with E-state index in [4.69, 9.17) is 4.74 Å². The fourth-order valence-electron chi connectivity index (χ4n) is 2.04. The number of sulfone groups is 1. The maximum Gasteiger partial charge on any atom is 0.341 e. The third-order valence-electron chi connectivity index (χ3n) is 3.11. The van der Waals surface area contributed by atoms with Crippen LogP contribution in [0.15, 0.2) is 29.2 Å². The first-order chi connectivity index (χ1) is 10.4. The van der Waals surface area contributed by atoms with Gasteiger partial charge in [0, 0.05) is 24.7 Å². The molecule has 1 atom stereocenters. The first-order valence-corrected chi connectivity index (χ1v) is 8.17. The van der Waals surface area contributed by atoms with E-state index in [1.54, 1.807) is 0 Å². The van der Waals surface area contributed by atoms with E-state index in [0.717, 1.165) is 12.1 Å². The number of carbonyl (C=O) groups excluding carboxylic acids is 1. The number of halogens is 3. The van der Waals surface area contributed by atoms with Crippen LogP contribution in [-0.2, 0) is 19.4 Å². The highest BCUT2D eigenvalue weighted by Crippen LogP contribution is 2.21. The number of benzene rings is 1. The van der Waals surface area contributed by atoms with Gasteiger partial charge in [0.25, 0.3) is 0 Å². The lowest BCUT2D eigenvalue weighted by molar-refractivity contribution is -0.117. The molecule has 1 aliphatic rings. The number of hydrogen-bond donors (Lipinski definition) is 2. The largest absolute Gasteiger partial charge is 0.378 e. The molecule has 0 saturated carbocycles. The number of alkyl halides is 2. The van der Waals surface area contributed by atoms with E-state index in [0.29, 0.717) is 19.8 Å². The molecule has 2 N–H and O–H groups in total. The lowest BCUT2D eigenvalue weighted by Gasteiger charge is -2.23. The van der Waals surface area contributed by atoms with Crippen LogP contribution in [0.4, 0.5) is 14.5 Å². The van der Waals surface area contributed by atoms with Crippen molar-refractivity contribution in [3.63, 3.8) is 0 Å². The van der Waals surface area contributed by atoms with Gasteiger partial charge in [0.15, 0.2) is 0 Å². The Morgan fingerprint density at radius 1 is 1.43 bits per heavy atom. The van der Waals surface area contributed by atoms with Crippen molar-refractivity contribution < 1.29 is 26.7 Å². The summed E-state index contributed by atoms with van der Waals surface area (Å²) >= 11 is 0. The molecule has 1 aromatic rings. The van der Waals surface area contributed by atoms with Crippen LogP contribution in [0.2, 0.25) is 0 Å². The smallest absolute Gasteiger partial charge is 0.341 e. The fourth-order valence-corrected chi connectivity index (χ4v) is 2.81. The number of amides is 1. The van der Waals surface area contributed by atoms with E-state index in [2.05, 4.69) is 10.6 Å². The van der Waals surface area contributed by atoms with Gasteiger partial charge in [0.2, 0.25) is 15.7 Å². The maximum absolute atomic E-state index is 12.5.